The number of aryl methyl sites for hydroxylation is 1. The number of amides is 3. The number of hydrogen-bond acceptors (Lipinski definition) is 5. The molecule has 1 atom stereocenters. The molecule has 3 fully saturated rings. The summed E-state index contributed by atoms with van der Waals surface area (Å²) >= 11 is 0. The number of hydrogen-bond donors (Lipinski definition) is 1. The minimum atomic E-state index is -0.820. The van der Waals surface area contributed by atoms with Gasteiger partial charge >= 0.3 is 6.03 Å². The molecule has 3 amide bonds. The third-order valence-electron chi connectivity index (χ3n) is 6.01. The fourth-order valence-electron chi connectivity index (χ4n) is 4.51. The number of rotatable bonds is 3. The highest BCUT2D eigenvalue weighted by molar-refractivity contribution is 6.07. The zero-order valence-corrected chi connectivity index (χ0v) is 15.4. The van der Waals surface area contributed by atoms with E-state index < -0.39 is 5.54 Å². The fourth-order valence-corrected chi connectivity index (χ4v) is 4.51. The Morgan fingerprint density at radius 2 is 1.88 bits per heavy atom. The van der Waals surface area contributed by atoms with Crippen LogP contribution in [0.2, 0.25) is 0 Å². The van der Waals surface area contributed by atoms with Crippen LogP contribution in [0.1, 0.15) is 57.4 Å². The van der Waals surface area contributed by atoms with Crippen molar-refractivity contribution in [2.24, 2.45) is 0 Å². The van der Waals surface area contributed by atoms with Crippen LogP contribution < -0.4 is 10.2 Å². The standard InChI is InChI=1S/C19H27N5O2/c1-2-14-11-20-17(21-12-14)23-10-6-9-19(13-23)16(25)24(18(26)22-19)15-7-4-3-5-8-15/h11-12,15H,2-10,13H2,1H3,(H,22,26). The first-order valence-electron chi connectivity index (χ1n) is 9.84. The first kappa shape index (κ1) is 17.2. The smallest absolute Gasteiger partial charge is 0.325 e. The van der Waals surface area contributed by atoms with E-state index in [9.17, 15) is 9.59 Å². The van der Waals surface area contributed by atoms with Crippen LogP contribution in [0.15, 0.2) is 12.4 Å². The van der Waals surface area contributed by atoms with E-state index in [4.69, 9.17) is 0 Å². The predicted molar refractivity (Wildman–Crippen MR) is 97.8 cm³/mol. The topological polar surface area (TPSA) is 78.4 Å². The SMILES string of the molecule is CCc1cnc(N2CCCC3(C2)NC(=O)N(C2CCCCC2)C3=O)nc1. The molecule has 7 heteroatoms. The van der Waals surface area contributed by atoms with Crippen molar-refractivity contribution in [2.75, 3.05) is 18.0 Å². The molecule has 4 rings (SSSR count). The largest absolute Gasteiger partial charge is 0.338 e. The molecule has 1 spiro atoms. The Morgan fingerprint density at radius 1 is 1.15 bits per heavy atom. The van der Waals surface area contributed by atoms with E-state index in [-0.39, 0.29) is 18.0 Å². The van der Waals surface area contributed by atoms with Crippen LogP contribution in [0.5, 0.6) is 0 Å². The highest BCUT2D eigenvalue weighted by Gasteiger charge is 2.55. The lowest BCUT2D eigenvalue weighted by atomic mass is 9.87. The summed E-state index contributed by atoms with van der Waals surface area (Å²) in [6.07, 6.45) is 11.4. The van der Waals surface area contributed by atoms with E-state index in [0.29, 0.717) is 18.9 Å². The first-order valence-corrected chi connectivity index (χ1v) is 9.84. The van der Waals surface area contributed by atoms with Gasteiger partial charge in [-0.15, -0.1) is 0 Å². The van der Waals surface area contributed by atoms with Gasteiger partial charge in [-0.1, -0.05) is 26.2 Å². The van der Waals surface area contributed by atoms with Crippen molar-refractivity contribution >= 4 is 17.9 Å². The van der Waals surface area contributed by atoms with Gasteiger partial charge in [-0.3, -0.25) is 9.69 Å². The van der Waals surface area contributed by atoms with E-state index in [2.05, 4.69) is 22.2 Å². The number of imide groups is 1. The van der Waals surface area contributed by atoms with Gasteiger partial charge in [0.2, 0.25) is 5.95 Å². The van der Waals surface area contributed by atoms with E-state index >= 15 is 0 Å². The lowest BCUT2D eigenvalue weighted by Gasteiger charge is -2.38. The summed E-state index contributed by atoms with van der Waals surface area (Å²) in [6, 6.07) is -0.155. The molecule has 2 saturated heterocycles. The maximum absolute atomic E-state index is 13.2. The van der Waals surface area contributed by atoms with Crippen molar-refractivity contribution < 1.29 is 9.59 Å². The average molecular weight is 357 g/mol. The molecule has 7 nitrogen and oxygen atoms in total. The molecule has 0 radical (unpaired) electrons. The number of carbonyl (C=O) groups is 2. The maximum Gasteiger partial charge on any atom is 0.325 e. The van der Waals surface area contributed by atoms with Gasteiger partial charge in [0, 0.05) is 25.0 Å². The Hall–Kier alpha value is -2.18. The minimum Gasteiger partial charge on any atom is -0.338 e. The molecule has 26 heavy (non-hydrogen) atoms. The van der Waals surface area contributed by atoms with Crippen molar-refractivity contribution in [1.82, 2.24) is 20.2 Å². The number of anilines is 1. The zero-order valence-electron chi connectivity index (χ0n) is 15.4. The third kappa shape index (κ3) is 2.93. The van der Waals surface area contributed by atoms with Crippen LogP contribution in [0.3, 0.4) is 0 Å². The second kappa shape index (κ2) is 6.85. The quantitative estimate of drug-likeness (QED) is 0.840. The molecule has 0 aromatic carbocycles. The normalized spacial score (nSPS) is 27.3. The molecule has 1 aromatic rings. The van der Waals surface area contributed by atoms with Gasteiger partial charge in [-0.05, 0) is 37.7 Å². The molecule has 1 saturated carbocycles. The van der Waals surface area contributed by atoms with Gasteiger partial charge in [-0.25, -0.2) is 14.8 Å². The van der Waals surface area contributed by atoms with Crippen molar-refractivity contribution in [1.29, 1.82) is 0 Å². The summed E-state index contributed by atoms with van der Waals surface area (Å²) in [7, 11) is 0. The van der Waals surface area contributed by atoms with Crippen molar-refractivity contribution in [3.63, 3.8) is 0 Å². The van der Waals surface area contributed by atoms with Gasteiger partial charge in [0.05, 0.1) is 6.54 Å². The summed E-state index contributed by atoms with van der Waals surface area (Å²) in [6.45, 7) is 3.33. The minimum absolute atomic E-state index is 0.0516. The zero-order chi connectivity index (χ0) is 18.1. The molecule has 1 N–H and O–H groups in total. The molecular weight excluding hydrogens is 330 g/mol. The summed E-state index contributed by atoms with van der Waals surface area (Å²) in [5.41, 5.74) is 0.272. The Morgan fingerprint density at radius 3 is 2.58 bits per heavy atom. The van der Waals surface area contributed by atoms with Crippen LogP contribution in [-0.4, -0.2) is 51.5 Å². The number of nitrogens with one attached hydrogen (secondary N) is 1. The maximum atomic E-state index is 13.2. The Balaban J connectivity index is 1.53. The molecule has 1 unspecified atom stereocenters. The van der Waals surface area contributed by atoms with Crippen molar-refractivity contribution in [3.8, 4) is 0 Å². The van der Waals surface area contributed by atoms with E-state index in [1.54, 1.807) is 0 Å². The van der Waals surface area contributed by atoms with Gasteiger partial charge in [0.15, 0.2) is 0 Å². The molecular formula is C19H27N5O2. The number of piperidine rings is 1. The average Bonchev–Trinajstić information content (AvgIpc) is 2.92. The second-order valence-corrected chi connectivity index (χ2v) is 7.75. The number of urea groups is 1. The third-order valence-corrected chi connectivity index (χ3v) is 6.01. The predicted octanol–water partition coefficient (Wildman–Crippen LogP) is 2.26. The lowest BCUT2D eigenvalue weighted by Crippen LogP contribution is -2.59. The van der Waals surface area contributed by atoms with Crippen LogP contribution in [-0.2, 0) is 11.2 Å². The molecule has 0 bridgehead atoms. The Bertz CT molecular complexity index is 686. The van der Waals surface area contributed by atoms with E-state index in [1.165, 1.54) is 11.3 Å². The first-order chi connectivity index (χ1) is 12.6. The fraction of sp³-hybridized carbons (Fsp3) is 0.684. The van der Waals surface area contributed by atoms with Crippen LogP contribution in [0.25, 0.3) is 0 Å². The van der Waals surface area contributed by atoms with E-state index in [0.717, 1.165) is 50.6 Å². The van der Waals surface area contributed by atoms with Gasteiger partial charge in [-0.2, -0.15) is 0 Å². The monoisotopic (exact) mass is 357 g/mol. The molecule has 1 aromatic heterocycles. The van der Waals surface area contributed by atoms with Crippen molar-refractivity contribution in [2.45, 2.75) is 69.9 Å². The lowest BCUT2D eigenvalue weighted by molar-refractivity contribution is -0.133. The summed E-state index contributed by atoms with van der Waals surface area (Å²) in [5, 5.41) is 3.03. The van der Waals surface area contributed by atoms with Crippen LogP contribution >= 0.6 is 0 Å². The van der Waals surface area contributed by atoms with Crippen molar-refractivity contribution in [3.05, 3.63) is 18.0 Å². The van der Waals surface area contributed by atoms with E-state index in [1.807, 2.05) is 17.3 Å². The van der Waals surface area contributed by atoms with Gasteiger partial charge < -0.3 is 10.2 Å². The summed E-state index contributed by atoms with van der Waals surface area (Å²) in [4.78, 5) is 38.3. The summed E-state index contributed by atoms with van der Waals surface area (Å²) in [5.74, 6) is 0.587. The highest BCUT2D eigenvalue weighted by atomic mass is 16.2. The number of nitrogens with zero attached hydrogens (tertiary/aromatic N) is 4. The number of aromatic nitrogens is 2. The van der Waals surface area contributed by atoms with Crippen LogP contribution in [0.4, 0.5) is 10.7 Å². The number of carbonyl (C=O) groups excluding carboxylic acids is 2. The van der Waals surface area contributed by atoms with Gasteiger partial charge in [0.25, 0.3) is 5.91 Å². The molecule has 3 heterocycles. The molecule has 140 valence electrons. The summed E-state index contributed by atoms with van der Waals surface area (Å²) < 4.78 is 0. The highest BCUT2D eigenvalue weighted by Crippen LogP contribution is 2.33. The molecule has 1 aliphatic carbocycles. The Kier molecular flexibility index (Phi) is 4.54. The second-order valence-electron chi connectivity index (χ2n) is 7.75. The molecule has 2 aliphatic heterocycles. The van der Waals surface area contributed by atoms with Gasteiger partial charge in [0.1, 0.15) is 5.54 Å². The molecule has 3 aliphatic rings. The van der Waals surface area contributed by atoms with Crippen LogP contribution in [0, 0.1) is 0 Å². The Labute approximate surface area is 154 Å².